The van der Waals surface area contributed by atoms with Crippen LogP contribution < -0.4 is 0 Å². The van der Waals surface area contributed by atoms with Crippen LogP contribution in [-0.2, 0) is 0 Å². The van der Waals surface area contributed by atoms with Gasteiger partial charge in [0.1, 0.15) is 0 Å². The van der Waals surface area contributed by atoms with E-state index in [2.05, 4.69) is 0 Å². The fourth-order valence-corrected chi connectivity index (χ4v) is 0. The van der Waals surface area contributed by atoms with Crippen molar-refractivity contribution in [3.8, 4) is 0 Å². The first-order valence-corrected chi connectivity index (χ1v) is 4.23. The molecule has 5 heavy (non-hydrogen) atoms. The molecule has 0 aromatic rings. The molecule has 1 aliphatic heterocycles. The lowest BCUT2D eigenvalue weighted by Crippen LogP contribution is -0.968. The molecule has 1 heterocycles. The largest absolute Gasteiger partial charge is 0.0814 e. The van der Waals surface area contributed by atoms with Crippen LogP contribution in [-0.4, -0.2) is 5.08 Å². The zero-order valence-corrected chi connectivity index (χ0v) is 5.16. The van der Waals surface area contributed by atoms with Crippen molar-refractivity contribution < 1.29 is 0 Å². The highest BCUT2D eigenvalue weighted by Crippen LogP contribution is 2.41. The predicted molar refractivity (Wildman–Crippen MR) is 31.4 cm³/mol. The van der Waals surface area contributed by atoms with Crippen LogP contribution in [0.4, 0.5) is 0 Å². The van der Waals surface area contributed by atoms with Crippen molar-refractivity contribution in [3.63, 3.8) is 0 Å². The van der Waals surface area contributed by atoms with Crippen molar-refractivity contribution in [2.24, 2.45) is 0 Å². The van der Waals surface area contributed by atoms with Gasteiger partial charge in [-0.1, -0.05) is 35.4 Å². The number of hydrogen-bond donors (Lipinski definition) is 0. The topological polar surface area (TPSA) is 0 Å². The summed E-state index contributed by atoms with van der Waals surface area (Å²) < 4.78 is 0. The summed E-state index contributed by atoms with van der Waals surface area (Å²) in [5.74, 6) is 0. The highest BCUT2D eigenvalue weighted by molar-refractivity contribution is 8.92. The van der Waals surface area contributed by atoms with E-state index in [9.17, 15) is 0 Å². The summed E-state index contributed by atoms with van der Waals surface area (Å²) in [7, 11) is 3.83. The van der Waals surface area contributed by atoms with Gasteiger partial charge in [-0.05, 0) is 0 Å². The summed E-state index contributed by atoms with van der Waals surface area (Å²) in [5.41, 5.74) is 0. The van der Waals surface area contributed by atoms with E-state index in [0.717, 1.165) is 0 Å². The van der Waals surface area contributed by atoms with Gasteiger partial charge in [-0.25, -0.2) is 0 Å². The predicted octanol–water partition coefficient (Wildman–Crippen LogP) is 2.37. The molecule has 0 radical (unpaired) electrons. The van der Waals surface area contributed by atoms with Crippen LogP contribution in [0, 0.1) is 0 Å². The second kappa shape index (κ2) is 4.70. The van der Waals surface area contributed by atoms with E-state index in [0.29, 0.717) is 0 Å². The number of rotatable bonds is 0. The Bertz CT molecular complexity index is 9.61. The molecule has 0 N–H and O–H groups in total. The molecule has 1 fully saturated rings. The Morgan fingerprint density at radius 2 is 1.40 bits per heavy atom. The lowest BCUT2D eigenvalue weighted by atomic mass is 11.0. The summed E-state index contributed by atoms with van der Waals surface area (Å²) in [5, 5.41) is 1.33. The molecule has 0 saturated carbocycles. The Labute approximate surface area is 41.1 Å². The highest BCUT2D eigenvalue weighted by Gasteiger charge is 1.97. The third-order valence-corrected chi connectivity index (χ3v) is 1.06. The highest BCUT2D eigenvalue weighted by atomic mass is 33.2. The zero-order valence-electron chi connectivity index (χ0n) is 3.52. The SMILES string of the molecule is C1SS1.CC. The molecular formula is C3H8S2. The maximum Gasteiger partial charge on any atom is 0.0600 e. The normalized spacial score (nSPS) is 15.6. The van der Waals surface area contributed by atoms with E-state index < -0.39 is 0 Å². The third-order valence-electron chi connectivity index (χ3n) is 0.118. The molecular weight excluding hydrogens is 100 g/mol. The van der Waals surface area contributed by atoms with Gasteiger partial charge in [-0.15, -0.1) is 0 Å². The fraction of sp³-hybridized carbons (Fsp3) is 1.00. The van der Waals surface area contributed by atoms with E-state index in [4.69, 9.17) is 0 Å². The van der Waals surface area contributed by atoms with E-state index in [-0.39, 0.29) is 0 Å². The van der Waals surface area contributed by atoms with Gasteiger partial charge in [0.05, 0.1) is 5.08 Å². The van der Waals surface area contributed by atoms with Crippen molar-refractivity contribution in [1.82, 2.24) is 0 Å². The average Bonchev–Trinajstić information content (AvgIpc) is 2.19. The Morgan fingerprint density at radius 3 is 1.40 bits per heavy atom. The second-order valence-corrected chi connectivity index (χ2v) is 3.18. The fourth-order valence-electron chi connectivity index (χ4n) is 0. The van der Waals surface area contributed by atoms with Crippen LogP contribution in [0.25, 0.3) is 0 Å². The van der Waals surface area contributed by atoms with Crippen LogP contribution in [0.5, 0.6) is 0 Å². The molecule has 0 bridgehead atoms. The minimum atomic E-state index is 1.33. The molecule has 0 spiro atoms. The third kappa shape index (κ3) is 11.9. The molecule has 0 aromatic heterocycles. The minimum absolute atomic E-state index is 1.33. The maximum absolute atomic E-state index is 2.00. The van der Waals surface area contributed by atoms with Gasteiger partial charge < -0.3 is 0 Å². The van der Waals surface area contributed by atoms with Gasteiger partial charge in [0, 0.05) is 0 Å². The molecule has 0 nitrogen and oxygen atoms in total. The minimum Gasteiger partial charge on any atom is -0.0814 e. The van der Waals surface area contributed by atoms with Gasteiger partial charge in [0.2, 0.25) is 0 Å². The summed E-state index contributed by atoms with van der Waals surface area (Å²) in [6, 6.07) is 0. The summed E-state index contributed by atoms with van der Waals surface area (Å²) in [6.45, 7) is 4.00. The lowest BCUT2D eigenvalue weighted by Gasteiger charge is -1.08. The van der Waals surface area contributed by atoms with Gasteiger partial charge in [-0.3, -0.25) is 0 Å². The van der Waals surface area contributed by atoms with E-state index >= 15 is 0 Å². The molecule has 1 aliphatic rings. The van der Waals surface area contributed by atoms with Crippen LogP contribution in [0.3, 0.4) is 0 Å². The standard InChI is InChI=1S/C2H6.CH2S2/c1-2;1-2-3-1/h1-2H3;1H2. The second-order valence-electron chi connectivity index (χ2n) is 0.354. The van der Waals surface area contributed by atoms with Crippen LogP contribution in [0.1, 0.15) is 13.8 Å². The Morgan fingerprint density at radius 1 is 1.20 bits per heavy atom. The number of hydrogen-bond acceptors (Lipinski definition) is 2. The van der Waals surface area contributed by atoms with Gasteiger partial charge in [-0.2, -0.15) is 0 Å². The summed E-state index contributed by atoms with van der Waals surface area (Å²) in [4.78, 5) is 0. The molecule has 1 saturated heterocycles. The van der Waals surface area contributed by atoms with E-state index in [1.54, 1.807) is 0 Å². The first-order valence-electron chi connectivity index (χ1n) is 1.74. The van der Waals surface area contributed by atoms with Crippen molar-refractivity contribution in [2.75, 3.05) is 5.08 Å². The van der Waals surface area contributed by atoms with Gasteiger partial charge in [0.15, 0.2) is 0 Å². The molecule has 0 aliphatic carbocycles. The van der Waals surface area contributed by atoms with Crippen molar-refractivity contribution >= 4 is 21.6 Å². The Balaban J connectivity index is 0.0000000733. The van der Waals surface area contributed by atoms with Crippen LogP contribution >= 0.6 is 21.6 Å². The lowest BCUT2D eigenvalue weighted by molar-refractivity contribution is 1.50. The van der Waals surface area contributed by atoms with Gasteiger partial charge >= 0.3 is 0 Å². The van der Waals surface area contributed by atoms with Gasteiger partial charge in [0.25, 0.3) is 0 Å². The first-order chi connectivity index (χ1) is 2.50. The first kappa shape index (κ1) is 5.70. The van der Waals surface area contributed by atoms with E-state index in [1.165, 1.54) is 5.08 Å². The quantitative estimate of drug-likeness (QED) is 0.345. The van der Waals surface area contributed by atoms with E-state index in [1.807, 2.05) is 35.4 Å². The van der Waals surface area contributed by atoms with Crippen LogP contribution in [0.2, 0.25) is 0 Å². The van der Waals surface area contributed by atoms with Crippen molar-refractivity contribution in [2.45, 2.75) is 13.8 Å². The Hall–Kier alpha value is 0.700. The zero-order chi connectivity index (χ0) is 4.12. The molecule has 0 aromatic carbocycles. The molecule has 0 amide bonds. The Kier molecular flexibility index (Phi) is 5.36. The summed E-state index contributed by atoms with van der Waals surface area (Å²) >= 11 is 0. The molecule has 0 atom stereocenters. The monoisotopic (exact) mass is 108 g/mol. The molecule has 32 valence electrons. The van der Waals surface area contributed by atoms with Crippen molar-refractivity contribution in [3.05, 3.63) is 0 Å². The summed E-state index contributed by atoms with van der Waals surface area (Å²) in [6.07, 6.45) is 0. The van der Waals surface area contributed by atoms with Crippen LogP contribution in [0.15, 0.2) is 0 Å². The smallest absolute Gasteiger partial charge is 0.0600 e. The molecule has 0 unspecified atom stereocenters. The maximum atomic E-state index is 2.00. The molecule has 1 rings (SSSR count). The average molecular weight is 108 g/mol. The molecule has 2 heteroatoms. The van der Waals surface area contributed by atoms with Crippen molar-refractivity contribution in [1.29, 1.82) is 0 Å².